The number of aryl methyl sites for hydroxylation is 1. The number of ether oxygens (including phenoxy) is 3. The summed E-state index contributed by atoms with van der Waals surface area (Å²) < 4.78 is 17.0. The van der Waals surface area contributed by atoms with Crippen LogP contribution in [0.1, 0.15) is 16.0 Å². The highest BCUT2D eigenvalue weighted by molar-refractivity contribution is 7.21. The van der Waals surface area contributed by atoms with Crippen molar-refractivity contribution in [3.05, 3.63) is 63.1 Å². The van der Waals surface area contributed by atoms with E-state index in [-0.39, 0.29) is 11.6 Å². The second kappa shape index (κ2) is 7.30. The molecule has 2 aromatic carbocycles. The third-order valence-electron chi connectivity index (χ3n) is 4.33. The maximum Gasteiger partial charge on any atom is 0.363 e. The largest absolute Gasteiger partial charge is 0.497 e. The number of fused-ring (bicyclic) bond motifs is 1. The van der Waals surface area contributed by atoms with E-state index in [0.29, 0.717) is 27.0 Å². The Bertz CT molecular complexity index is 1160. The molecule has 28 heavy (non-hydrogen) atoms. The summed E-state index contributed by atoms with van der Waals surface area (Å²) in [5.74, 6) is 0.911. The molecule has 1 aliphatic rings. The van der Waals surface area contributed by atoms with Crippen LogP contribution < -0.4 is 9.47 Å². The van der Waals surface area contributed by atoms with Gasteiger partial charge in [0.25, 0.3) is 0 Å². The van der Waals surface area contributed by atoms with Gasteiger partial charge in [0, 0.05) is 21.7 Å². The quantitative estimate of drug-likeness (QED) is 0.434. The van der Waals surface area contributed by atoms with E-state index in [9.17, 15) is 4.79 Å². The van der Waals surface area contributed by atoms with Gasteiger partial charge >= 0.3 is 5.97 Å². The van der Waals surface area contributed by atoms with E-state index in [1.807, 2.05) is 25.1 Å². The molecule has 0 saturated carbocycles. The molecule has 0 bridgehead atoms. The zero-order chi connectivity index (χ0) is 19.8. The lowest BCUT2D eigenvalue weighted by Gasteiger charge is -2.07. The molecule has 1 aliphatic heterocycles. The molecule has 0 amide bonds. The van der Waals surface area contributed by atoms with E-state index in [1.165, 1.54) is 11.3 Å². The Labute approximate surface area is 170 Å². The molecular formula is C21H16ClNO4S. The van der Waals surface area contributed by atoms with Gasteiger partial charge in [-0.15, -0.1) is 11.3 Å². The molecular weight excluding hydrogens is 398 g/mol. The van der Waals surface area contributed by atoms with Crippen molar-refractivity contribution in [3.63, 3.8) is 0 Å². The standard InChI is InChI=1S/C21H16ClNO4S/c1-11-4-7-14-17(8-11)28-19(18(14)22)20-23-15(21(24)27-20)9-12-5-6-13(25-2)10-16(12)26-3/h4-10H,1-3H3/b15-9+. The van der Waals surface area contributed by atoms with Crippen molar-refractivity contribution in [1.29, 1.82) is 0 Å². The zero-order valence-corrected chi connectivity index (χ0v) is 17.0. The van der Waals surface area contributed by atoms with Gasteiger partial charge in [-0.3, -0.25) is 0 Å². The molecule has 0 aliphatic carbocycles. The summed E-state index contributed by atoms with van der Waals surface area (Å²) in [5.41, 5.74) is 2.01. The summed E-state index contributed by atoms with van der Waals surface area (Å²) in [7, 11) is 3.13. The molecule has 0 fully saturated rings. The minimum absolute atomic E-state index is 0.183. The number of hydrogen-bond acceptors (Lipinski definition) is 6. The molecule has 0 atom stereocenters. The summed E-state index contributed by atoms with van der Waals surface area (Å²) in [6.07, 6.45) is 1.62. The zero-order valence-electron chi connectivity index (χ0n) is 15.4. The van der Waals surface area contributed by atoms with Gasteiger partial charge in [0.15, 0.2) is 5.70 Å². The molecule has 4 rings (SSSR count). The number of methoxy groups -OCH3 is 2. The first-order chi connectivity index (χ1) is 13.5. The normalized spacial score (nSPS) is 15.1. The molecule has 2 heterocycles. The van der Waals surface area contributed by atoms with Gasteiger partial charge in [-0.2, -0.15) is 0 Å². The molecule has 0 spiro atoms. The van der Waals surface area contributed by atoms with Crippen molar-refractivity contribution in [2.75, 3.05) is 14.2 Å². The van der Waals surface area contributed by atoms with Gasteiger partial charge < -0.3 is 14.2 Å². The summed E-state index contributed by atoms with van der Waals surface area (Å²) in [4.78, 5) is 17.4. The van der Waals surface area contributed by atoms with Crippen LogP contribution in [-0.4, -0.2) is 26.1 Å². The maximum absolute atomic E-state index is 12.4. The Morgan fingerprint density at radius 1 is 1.14 bits per heavy atom. The third kappa shape index (κ3) is 3.25. The van der Waals surface area contributed by atoms with Crippen molar-refractivity contribution in [2.24, 2.45) is 4.99 Å². The number of halogens is 1. The van der Waals surface area contributed by atoms with Crippen LogP contribution in [0.15, 0.2) is 47.1 Å². The van der Waals surface area contributed by atoms with E-state index >= 15 is 0 Å². The van der Waals surface area contributed by atoms with Gasteiger partial charge in [0.2, 0.25) is 5.90 Å². The molecule has 3 aromatic rings. The number of benzene rings is 2. The molecule has 5 nitrogen and oxygen atoms in total. The van der Waals surface area contributed by atoms with E-state index < -0.39 is 5.97 Å². The van der Waals surface area contributed by atoms with Crippen LogP contribution in [0, 0.1) is 6.92 Å². The third-order valence-corrected chi connectivity index (χ3v) is 5.98. The van der Waals surface area contributed by atoms with Gasteiger partial charge in [0.05, 0.1) is 19.2 Å². The molecule has 0 saturated heterocycles. The second-order valence-corrected chi connectivity index (χ2v) is 7.62. The predicted octanol–water partition coefficient (Wildman–Crippen LogP) is 5.22. The Morgan fingerprint density at radius 2 is 1.96 bits per heavy atom. The van der Waals surface area contributed by atoms with Crippen LogP contribution in [0.5, 0.6) is 11.5 Å². The fourth-order valence-electron chi connectivity index (χ4n) is 2.90. The SMILES string of the molecule is COc1ccc(/C=C2/N=C(c3sc4cc(C)ccc4c3Cl)OC2=O)c(OC)c1. The Kier molecular flexibility index (Phi) is 4.83. The smallest absolute Gasteiger partial charge is 0.363 e. The topological polar surface area (TPSA) is 57.1 Å². The number of hydrogen-bond donors (Lipinski definition) is 0. The van der Waals surface area contributed by atoms with Gasteiger partial charge in [-0.25, -0.2) is 9.79 Å². The predicted molar refractivity (Wildman–Crippen MR) is 112 cm³/mol. The minimum atomic E-state index is -0.530. The Balaban J connectivity index is 1.75. The van der Waals surface area contributed by atoms with Crippen molar-refractivity contribution < 1.29 is 19.0 Å². The number of carbonyl (C=O) groups excluding carboxylic acids is 1. The lowest BCUT2D eigenvalue weighted by Crippen LogP contribution is -2.04. The molecule has 142 valence electrons. The number of carbonyl (C=O) groups is 1. The van der Waals surface area contributed by atoms with E-state index in [2.05, 4.69) is 4.99 Å². The highest BCUT2D eigenvalue weighted by Gasteiger charge is 2.28. The summed E-state index contributed by atoms with van der Waals surface area (Å²) >= 11 is 7.96. The average molecular weight is 414 g/mol. The second-order valence-electron chi connectivity index (χ2n) is 6.19. The van der Waals surface area contributed by atoms with Crippen LogP contribution in [0.25, 0.3) is 16.2 Å². The average Bonchev–Trinajstić information content (AvgIpc) is 3.21. The summed E-state index contributed by atoms with van der Waals surface area (Å²) in [6, 6.07) is 11.3. The summed E-state index contributed by atoms with van der Waals surface area (Å²) in [6.45, 7) is 2.02. The number of esters is 1. The first-order valence-corrected chi connectivity index (χ1v) is 9.63. The lowest BCUT2D eigenvalue weighted by atomic mass is 10.1. The van der Waals surface area contributed by atoms with Crippen LogP contribution in [-0.2, 0) is 9.53 Å². The van der Waals surface area contributed by atoms with E-state index in [4.69, 9.17) is 25.8 Å². The van der Waals surface area contributed by atoms with Crippen molar-refractivity contribution >= 4 is 51.0 Å². The first kappa shape index (κ1) is 18.5. The van der Waals surface area contributed by atoms with Crippen LogP contribution in [0.3, 0.4) is 0 Å². The number of cyclic esters (lactones) is 1. The van der Waals surface area contributed by atoms with Crippen molar-refractivity contribution in [2.45, 2.75) is 6.92 Å². The van der Waals surface area contributed by atoms with E-state index in [1.54, 1.807) is 38.5 Å². The highest BCUT2D eigenvalue weighted by atomic mass is 35.5. The number of rotatable bonds is 4. The molecule has 0 unspecified atom stereocenters. The van der Waals surface area contributed by atoms with Crippen LogP contribution >= 0.6 is 22.9 Å². The minimum Gasteiger partial charge on any atom is -0.497 e. The van der Waals surface area contributed by atoms with Gasteiger partial charge in [-0.05, 0) is 36.8 Å². The number of nitrogens with zero attached hydrogens (tertiary/aromatic N) is 1. The van der Waals surface area contributed by atoms with Crippen LogP contribution in [0.4, 0.5) is 0 Å². The number of aliphatic imine (C=N–C) groups is 1. The molecule has 0 N–H and O–H groups in total. The monoisotopic (exact) mass is 413 g/mol. The fourth-order valence-corrected chi connectivity index (χ4v) is 4.44. The fraction of sp³-hybridized carbons (Fsp3) is 0.143. The van der Waals surface area contributed by atoms with E-state index in [0.717, 1.165) is 15.6 Å². The van der Waals surface area contributed by atoms with Gasteiger partial charge in [0.1, 0.15) is 16.4 Å². The summed E-state index contributed by atoms with van der Waals surface area (Å²) in [5, 5.41) is 1.45. The number of thiophene rings is 1. The lowest BCUT2D eigenvalue weighted by molar-refractivity contribution is -0.129. The Hall–Kier alpha value is -2.83. The molecule has 1 aromatic heterocycles. The Morgan fingerprint density at radius 3 is 2.71 bits per heavy atom. The van der Waals surface area contributed by atoms with Crippen molar-refractivity contribution in [3.8, 4) is 11.5 Å². The highest BCUT2D eigenvalue weighted by Crippen LogP contribution is 2.38. The first-order valence-electron chi connectivity index (χ1n) is 8.43. The maximum atomic E-state index is 12.4. The molecule has 0 radical (unpaired) electrons. The van der Waals surface area contributed by atoms with Gasteiger partial charge in [-0.1, -0.05) is 23.7 Å². The van der Waals surface area contributed by atoms with Crippen molar-refractivity contribution in [1.82, 2.24) is 0 Å². The van der Waals surface area contributed by atoms with Crippen LogP contribution in [0.2, 0.25) is 5.02 Å². The molecule has 7 heteroatoms.